The number of anilines is 1. The number of nitrogens with zero attached hydrogens (tertiary/aromatic N) is 2. The second-order valence-electron chi connectivity index (χ2n) is 5.48. The first-order chi connectivity index (χ1) is 10.5. The van der Waals surface area contributed by atoms with Gasteiger partial charge < -0.3 is 4.90 Å². The molecule has 3 heterocycles. The number of hydrogen-bond donors (Lipinski definition) is 1. The minimum Gasteiger partial charge on any atom is -0.337 e. The molecule has 0 atom stereocenters. The number of amides is 2. The van der Waals surface area contributed by atoms with Crippen molar-refractivity contribution in [1.82, 2.24) is 9.88 Å². The van der Waals surface area contributed by atoms with Gasteiger partial charge in [0.05, 0.1) is 17.1 Å². The highest BCUT2D eigenvalue weighted by Crippen LogP contribution is 2.29. The maximum Gasteiger partial charge on any atom is 0.267 e. The van der Waals surface area contributed by atoms with Gasteiger partial charge in [0.25, 0.3) is 5.91 Å². The molecule has 2 aromatic rings. The number of thiophene rings is 1. The summed E-state index contributed by atoms with van der Waals surface area (Å²) in [6.45, 7) is 5.12. The number of carbonyl (C=O) groups is 2. The van der Waals surface area contributed by atoms with Crippen molar-refractivity contribution in [2.24, 2.45) is 5.92 Å². The van der Waals surface area contributed by atoms with E-state index in [1.165, 1.54) is 22.7 Å². The van der Waals surface area contributed by atoms with E-state index in [9.17, 15) is 9.59 Å². The van der Waals surface area contributed by atoms with E-state index in [2.05, 4.69) is 10.3 Å². The molecule has 2 aromatic heterocycles. The summed E-state index contributed by atoms with van der Waals surface area (Å²) >= 11 is 2.87. The second-order valence-corrected chi connectivity index (χ2v) is 7.52. The normalized spacial score (nSPS) is 14.0. The molecular weight excluding hydrogens is 318 g/mol. The van der Waals surface area contributed by atoms with Crippen LogP contribution in [0.3, 0.4) is 0 Å². The van der Waals surface area contributed by atoms with Crippen LogP contribution in [-0.4, -0.2) is 28.2 Å². The average Bonchev–Trinajstić information content (AvgIpc) is 3.14. The third-order valence-electron chi connectivity index (χ3n) is 3.50. The van der Waals surface area contributed by atoms with Gasteiger partial charge in [-0.15, -0.1) is 11.3 Å². The standard InChI is InChI=1S/C15H17N3O2S2/c1-9(2)14(20)18-6-5-10-12(8-18)22-15(16-10)17-13(19)11-4-3-7-21-11/h3-4,7,9H,5-6,8H2,1-2H3,(H,16,17,19). The molecule has 0 saturated carbocycles. The highest BCUT2D eigenvalue weighted by molar-refractivity contribution is 7.16. The van der Waals surface area contributed by atoms with Crippen molar-refractivity contribution in [3.63, 3.8) is 0 Å². The summed E-state index contributed by atoms with van der Waals surface area (Å²) in [6, 6.07) is 3.64. The molecule has 0 radical (unpaired) electrons. The van der Waals surface area contributed by atoms with E-state index in [1.54, 1.807) is 6.07 Å². The maximum atomic E-state index is 12.1. The van der Waals surface area contributed by atoms with Crippen molar-refractivity contribution < 1.29 is 9.59 Å². The van der Waals surface area contributed by atoms with Crippen LogP contribution in [0.4, 0.5) is 5.13 Å². The topological polar surface area (TPSA) is 62.3 Å². The van der Waals surface area contributed by atoms with E-state index in [1.807, 2.05) is 30.2 Å². The molecule has 0 fully saturated rings. The molecule has 22 heavy (non-hydrogen) atoms. The quantitative estimate of drug-likeness (QED) is 0.938. The van der Waals surface area contributed by atoms with Gasteiger partial charge in [-0.25, -0.2) is 4.98 Å². The second kappa shape index (κ2) is 6.18. The van der Waals surface area contributed by atoms with E-state index >= 15 is 0 Å². The summed E-state index contributed by atoms with van der Waals surface area (Å²) in [5.41, 5.74) is 0.999. The molecule has 0 saturated heterocycles. The zero-order valence-corrected chi connectivity index (χ0v) is 14.1. The third-order valence-corrected chi connectivity index (χ3v) is 5.37. The molecule has 1 N–H and O–H groups in total. The molecule has 0 spiro atoms. The molecule has 7 heteroatoms. The number of aromatic nitrogens is 1. The number of rotatable bonds is 3. The minimum atomic E-state index is -0.129. The number of carbonyl (C=O) groups excluding carboxylic acids is 2. The van der Waals surface area contributed by atoms with Gasteiger partial charge in [0.1, 0.15) is 0 Å². The monoisotopic (exact) mass is 335 g/mol. The first-order valence-electron chi connectivity index (χ1n) is 7.17. The summed E-state index contributed by atoms with van der Waals surface area (Å²) in [5.74, 6) is 0.0481. The van der Waals surface area contributed by atoms with E-state index in [0.29, 0.717) is 23.1 Å². The molecule has 0 bridgehead atoms. The Bertz CT molecular complexity index is 692. The summed E-state index contributed by atoms with van der Waals surface area (Å²) < 4.78 is 0. The summed E-state index contributed by atoms with van der Waals surface area (Å²) in [4.78, 5) is 32.2. The molecule has 2 amide bonds. The Labute approximate surface area is 137 Å². The van der Waals surface area contributed by atoms with Crippen LogP contribution in [0, 0.1) is 5.92 Å². The van der Waals surface area contributed by atoms with Gasteiger partial charge in [0.2, 0.25) is 5.91 Å². The predicted octanol–water partition coefficient (Wildman–Crippen LogP) is 3.00. The van der Waals surface area contributed by atoms with Crippen LogP contribution in [-0.2, 0) is 17.8 Å². The van der Waals surface area contributed by atoms with Crippen molar-refractivity contribution in [3.8, 4) is 0 Å². The van der Waals surface area contributed by atoms with Crippen LogP contribution in [0.1, 0.15) is 34.1 Å². The molecular formula is C15H17N3O2S2. The van der Waals surface area contributed by atoms with E-state index in [0.717, 1.165) is 17.0 Å². The van der Waals surface area contributed by atoms with Crippen molar-refractivity contribution in [1.29, 1.82) is 0 Å². The van der Waals surface area contributed by atoms with Crippen molar-refractivity contribution in [2.75, 3.05) is 11.9 Å². The molecule has 5 nitrogen and oxygen atoms in total. The Balaban J connectivity index is 1.71. The maximum absolute atomic E-state index is 12.1. The Morgan fingerprint density at radius 1 is 1.41 bits per heavy atom. The lowest BCUT2D eigenvalue weighted by Crippen LogP contribution is -2.37. The highest BCUT2D eigenvalue weighted by atomic mass is 32.1. The zero-order valence-electron chi connectivity index (χ0n) is 12.5. The number of thiazole rings is 1. The number of nitrogens with one attached hydrogen (secondary N) is 1. The fourth-order valence-electron chi connectivity index (χ4n) is 2.37. The van der Waals surface area contributed by atoms with Gasteiger partial charge in [-0.2, -0.15) is 0 Å². The van der Waals surface area contributed by atoms with Crippen molar-refractivity contribution in [2.45, 2.75) is 26.8 Å². The summed E-state index contributed by atoms with van der Waals surface area (Å²) in [7, 11) is 0. The fourth-order valence-corrected chi connectivity index (χ4v) is 4.01. The van der Waals surface area contributed by atoms with E-state index in [4.69, 9.17) is 0 Å². The van der Waals surface area contributed by atoms with Gasteiger partial charge in [-0.1, -0.05) is 31.3 Å². The SMILES string of the molecule is CC(C)C(=O)N1CCc2nc(NC(=O)c3cccs3)sc2C1. The Hall–Kier alpha value is -1.73. The van der Waals surface area contributed by atoms with Gasteiger partial charge in [0.15, 0.2) is 5.13 Å². The first-order valence-corrected chi connectivity index (χ1v) is 8.86. The Morgan fingerprint density at radius 2 is 2.23 bits per heavy atom. The lowest BCUT2D eigenvalue weighted by molar-refractivity contribution is -0.135. The lowest BCUT2D eigenvalue weighted by Gasteiger charge is -2.27. The molecule has 116 valence electrons. The van der Waals surface area contributed by atoms with Crippen LogP contribution < -0.4 is 5.32 Å². The fraction of sp³-hybridized carbons (Fsp3) is 0.400. The van der Waals surface area contributed by atoms with Gasteiger partial charge >= 0.3 is 0 Å². The molecule has 0 aromatic carbocycles. The largest absolute Gasteiger partial charge is 0.337 e. The van der Waals surface area contributed by atoms with E-state index < -0.39 is 0 Å². The van der Waals surface area contributed by atoms with Gasteiger partial charge in [0, 0.05) is 23.8 Å². The molecule has 1 aliphatic rings. The first kappa shape index (κ1) is 15.2. The van der Waals surface area contributed by atoms with E-state index in [-0.39, 0.29) is 17.7 Å². The summed E-state index contributed by atoms with van der Waals surface area (Å²) in [5, 5.41) is 5.33. The van der Waals surface area contributed by atoms with Crippen LogP contribution in [0.15, 0.2) is 17.5 Å². The lowest BCUT2D eigenvalue weighted by atomic mass is 10.1. The number of hydrogen-bond acceptors (Lipinski definition) is 5. The van der Waals surface area contributed by atoms with Gasteiger partial charge in [-0.3, -0.25) is 14.9 Å². The smallest absolute Gasteiger partial charge is 0.267 e. The number of fused-ring (bicyclic) bond motifs is 1. The van der Waals surface area contributed by atoms with Crippen LogP contribution in [0.25, 0.3) is 0 Å². The molecule has 3 rings (SSSR count). The Morgan fingerprint density at radius 3 is 2.91 bits per heavy atom. The van der Waals surface area contributed by atoms with Crippen molar-refractivity contribution in [3.05, 3.63) is 33.0 Å². The molecule has 0 aliphatic carbocycles. The Kier molecular flexibility index (Phi) is 4.26. The minimum absolute atomic E-state index is 0.00692. The van der Waals surface area contributed by atoms with Crippen molar-refractivity contribution >= 4 is 39.6 Å². The molecule has 0 unspecified atom stereocenters. The summed E-state index contributed by atoms with van der Waals surface area (Å²) in [6.07, 6.45) is 0.749. The van der Waals surface area contributed by atoms with Crippen LogP contribution in [0.5, 0.6) is 0 Å². The molecule has 1 aliphatic heterocycles. The highest BCUT2D eigenvalue weighted by Gasteiger charge is 2.25. The third kappa shape index (κ3) is 3.05. The van der Waals surface area contributed by atoms with Gasteiger partial charge in [-0.05, 0) is 11.4 Å². The average molecular weight is 335 g/mol. The zero-order chi connectivity index (χ0) is 15.7. The predicted molar refractivity (Wildman–Crippen MR) is 88.3 cm³/mol. The van der Waals surface area contributed by atoms with Crippen LogP contribution in [0.2, 0.25) is 0 Å². The van der Waals surface area contributed by atoms with Crippen LogP contribution >= 0.6 is 22.7 Å².